The number of hydrogen-bond acceptors (Lipinski definition) is 1. The quantitative estimate of drug-likeness (QED) is 0.674. The molecule has 1 saturated carbocycles. The Morgan fingerprint density at radius 1 is 1.23 bits per heavy atom. The molecule has 0 aromatic rings. The Morgan fingerprint density at radius 2 is 1.92 bits per heavy atom. The van der Waals surface area contributed by atoms with E-state index < -0.39 is 11.6 Å². The van der Waals surface area contributed by atoms with Crippen LogP contribution in [0.1, 0.15) is 25.7 Å². The molecule has 2 aliphatic rings. The van der Waals surface area contributed by atoms with Crippen molar-refractivity contribution < 1.29 is 13.2 Å². The van der Waals surface area contributed by atoms with Gasteiger partial charge in [0.15, 0.2) is 0 Å². The van der Waals surface area contributed by atoms with Crippen LogP contribution in [0.2, 0.25) is 0 Å². The van der Waals surface area contributed by atoms with Gasteiger partial charge in [-0.25, -0.2) is 0 Å². The molecular formula is C9H14F3N. The summed E-state index contributed by atoms with van der Waals surface area (Å²) in [5.74, 6) is -0.166. The van der Waals surface area contributed by atoms with Gasteiger partial charge in [0.25, 0.3) is 0 Å². The third kappa shape index (κ3) is 1.26. The van der Waals surface area contributed by atoms with Crippen molar-refractivity contribution in [2.75, 3.05) is 13.1 Å². The molecule has 1 unspecified atom stereocenters. The number of nitrogens with one attached hydrogen (secondary N) is 1. The normalized spacial score (nSPS) is 33.0. The summed E-state index contributed by atoms with van der Waals surface area (Å²) in [6.07, 6.45) is -1.84. The fourth-order valence-corrected chi connectivity index (χ4v) is 2.61. The highest BCUT2D eigenvalue weighted by molar-refractivity contribution is 5.01. The molecule has 0 spiro atoms. The summed E-state index contributed by atoms with van der Waals surface area (Å²) < 4.78 is 38.3. The molecule has 1 aliphatic carbocycles. The summed E-state index contributed by atoms with van der Waals surface area (Å²) in [7, 11) is 0. The summed E-state index contributed by atoms with van der Waals surface area (Å²) >= 11 is 0. The molecule has 1 heterocycles. The molecule has 1 atom stereocenters. The summed E-state index contributed by atoms with van der Waals surface area (Å²) in [6, 6.07) is 0. The van der Waals surface area contributed by atoms with E-state index in [2.05, 4.69) is 5.32 Å². The van der Waals surface area contributed by atoms with E-state index in [1.54, 1.807) is 0 Å². The van der Waals surface area contributed by atoms with Gasteiger partial charge in [0, 0.05) is 0 Å². The zero-order chi connectivity index (χ0) is 9.53. The van der Waals surface area contributed by atoms with Crippen molar-refractivity contribution in [2.45, 2.75) is 31.9 Å². The number of rotatable bonds is 1. The zero-order valence-corrected chi connectivity index (χ0v) is 7.45. The molecule has 0 aromatic carbocycles. The van der Waals surface area contributed by atoms with Crippen LogP contribution < -0.4 is 5.32 Å². The van der Waals surface area contributed by atoms with Gasteiger partial charge < -0.3 is 5.32 Å². The summed E-state index contributed by atoms with van der Waals surface area (Å²) in [4.78, 5) is 0. The van der Waals surface area contributed by atoms with Gasteiger partial charge in [-0.2, -0.15) is 13.2 Å². The molecular weight excluding hydrogens is 179 g/mol. The average Bonchev–Trinajstić information content (AvgIpc) is 2.32. The smallest absolute Gasteiger partial charge is 0.316 e. The third-order valence-electron chi connectivity index (χ3n) is 3.65. The summed E-state index contributed by atoms with van der Waals surface area (Å²) in [5.41, 5.74) is -1.32. The fourth-order valence-electron chi connectivity index (χ4n) is 2.61. The van der Waals surface area contributed by atoms with Crippen molar-refractivity contribution in [1.29, 1.82) is 0 Å². The van der Waals surface area contributed by atoms with E-state index >= 15 is 0 Å². The van der Waals surface area contributed by atoms with Gasteiger partial charge in [0.05, 0.1) is 5.41 Å². The Morgan fingerprint density at radius 3 is 2.23 bits per heavy atom. The van der Waals surface area contributed by atoms with E-state index in [0.717, 1.165) is 13.0 Å². The monoisotopic (exact) mass is 193 g/mol. The van der Waals surface area contributed by atoms with Gasteiger partial charge in [0.2, 0.25) is 0 Å². The van der Waals surface area contributed by atoms with Crippen molar-refractivity contribution in [3.63, 3.8) is 0 Å². The van der Waals surface area contributed by atoms with Gasteiger partial charge in [-0.15, -0.1) is 0 Å². The Hall–Kier alpha value is -0.250. The lowest BCUT2D eigenvalue weighted by Crippen LogP contribution is -2.50. The van der Waals surface area contributed by atoms with Crippen molar-refractivity contribution in [3.05, 3.63) is 0 Å². The molecule has 2 rings (SSSR count). The molecule has 1 saturated heterocycles. The lowest BCUT2D eigenvalue weighted by atomic mass is 9.60. The second kappa shape index (κ2) is 2.87. The van der Waals surface area contributed by atoms with Crippen molar-refractivity contribution in [2.24, 2.45) is 11.3 Å². The van der Waals surface area contributed by atoms with Crippen LogP contribution in [0.4, 0.5) is 13.2 Å². The lowest BCUT2D eigenvalue weighted by molar-refractivity contribution is -0.268. The standard InChI is InChI=1S/C9H14F3N/c10-9(11,12)8(3-1-4-8)7-2-5-13-6-7/h7,13H,1-6H2. The van der Waals surface area contributed by atoms with Crippen LogP contribution in [-0.4, -0.2) is 19.3 Å². The molecule has 0 aromatic heterocycles. The average molecular weight is 193 g/mol. The zero-order valence-electron chi connectivity index (χ0n) is 7.45. The van der Waals surface area contributed by atoms with Gasteiger partial charge in [-0.05, 0) is 38.3 Å². The predicted molar refractivity (Wildman–Crippen MR) is 43.3 cm³/mol. The second-order valence-electron chi connectivity index (χ2n) is 4.20. The Kier molecular flexibility index (Phi) is 2.06. The highest BCUT2D eigenvalue weighted by Gasteiger charge is 2.62. The highest BCUT2D eigenvalue weighted by atomic mass is 19.4. The number of halogens is 3. The van der Waals surface area contributed by atoms with Crippen molar-refractivity contribution >= 4 is 0 Å². The van der Waals surface area contributed by atoms with Crippen LogP contribution in [0, 0.1) is 11.3 Å². The largest absolute Gasteiger partial charge is 0.394 e. The summed E-state index contributed by atoms with van der Waals surface area (Å²) in [5, 5.41) is 3.02. The molecule has 2 fully saturated rings. The van der Waals surface area contributed by atoms with E-state index in [9.17, 15) is 13.2 Å². The molecule has 1 nitrogen and oxygen atoms in total. The second-order valence-corrected chi connectivity index (χ2v) is 4.20. The minimum atomic E-state index is -3.98. The van der Waals surface area contributed by atoms with E-state index in [4.69, 9.17) is 0 Å². The maximum Gasteiger partial charge on any atom is 0.394 e. The molecule has 13 heavy (non-hydrogen) atoms. The van der Waals surface area contributed by atoms with E-state index in [0.29, 0.717) is 25.8 Å². The highest BCUT2D eigenvalue weighted by Crippen LogP contribution is 2.58. The van der Waals surface area contributed by atoms with E-state index in [1.165, 1.54) is 0 Å². The predicted octanol–water partition coefficient (Wildman–Crippen LogP) is 2.33. The maximum absolute atomic E-state index is 12.8. The van der Waals surface area contributed by atoms with Crippen LogP contribution in [0.25, 0.3) is 0 Å². The van der Waals surface area contributed by atoms with E-state index in [1.807, 2.05) is 0 Å². The topological polar surface area (TPSA) is 12.0 Å². The Labute approximate surface area is 75.7 Å². The molecule has 1 N–H and O–H groups in total. The Balaban J connectivity index is 2.14. The first-order valence-corrected chi connectivity index (χ1v) is 4.84. The van der Waals surface area contributed by atoms with Gasteiger partial charge in [0.1, 0.15) is 0 Å². The minimum absolute atomic E-state index is 0.166. The molecule has 1 aliphatic heterocycles. The van der Waals surface area contributed by atoms with Crippen molar-refractivity contribution in [1.82, 2.24) is 5.32 Å². The molecule has 0 bridgehead atoms. The maximum atomic E-state index is 12.8. The third-order valence-corrected chi connectivity index (χ3v) is 3.65. The van der Waals surface area contributed by atoms with Crippen LogP contribution in [0.3, 0.4) is 0 Å². The SMILES string of the molecule is FC(F)(F)C1(C2CCNC2)CCC1. The Bertz CT molecular complexity index is 190. The number of alkyl halides is 3. The number of hydrogen-bond donors (Lipinski definition) is 1. The van der Waals surface area contributed by atoms with Crippen LogP contribution in [0.5, 0.6) is 0 Å². The lowest BCUT2D eigenvalue weighted by Gasteiger charge is -2.47. The van der Waals surface area contributed by atoms with Crippen LogP contribution in [0.15, 0.2) is 0 Å². The fraction of sp³-hybridized carbons (Fsp3) is 1.00. The molecule has 0 amide bonds. The van der Waals surface area contributed by atoms with E-state index in [-0.39, 0.29) is 5.92 Å². The van der Waals surface area contributed by atoms with Gasteiger partial charge >= 0.3 is 6.18 Å². The van der Waals surface area contributed by atoms with Gasteiger partial charge in [-0.3, -0.25) is 0 Å². The first kappa shape index (κ1) is 9.31. The first-order valence-electron chi connectivity index (χ1n) is 4.84. The molecule has 76 valence electrons. The molecule has 0 radical (unpaired) electrons. The van der Waals surface area contributed by atoms with Crippen LogP contribution >= 0.6 is 0 Å². The van der Waals surface area contributed by atoms with Gasteiger partial charge in [-0.1, -0.05) is 6.42 Å². The molecule has 4 heteroatoms. The van der Waals surface area contributed by atoms with Crippen molar-refractivity contribution in [3.8, 4) is 0 Å². The summed E-state index contributed by atoms with van der Waals surface area (Å²) in [6.45, 7) is 1.31. The van der Waals surface area contributed by atoms with Crippen LogP contribution in [-0.2, 0) is 0 Å². The first-order chi connectivity index (χ1) is 6.06. The minimum Gasteiger partial charge on any atom is -0.316 e.